The normalized spacial score (nSPS) is 17.8. The maximum atomic E-state index is 13.1. The van der Waals surface area contributed by atoms with Crippen LogP contribution in [-0.4, -0.2) is 34.0 Å². The van der Waals surface area contributed by atoms with Gasteiger partial charge in [0.15, 0.2) is 11.7 Å². The minimum atomic E-state index is -1.06. The topological polar surface area (TPSA) is 104 Å². The van der Waals surface area contributed by atoms with Gasteiger partial charge in [0.05, 0.1) is 6.04 Å². The van der Waals surface area contributed by atoms with Crippen molar-refractivity contribution in [2.75, 3.05) is 0 Å². The van der Waals surface area contributed by atoms with Gasteiger partial charge in [-0.3, -0.25) is 9.59 Å². The lowest BCUT2D eigenvalue weighted by Crippen LogP contribution is -2.51. The van der Waals surface area contributed by atoms with Crippen LogP contribution in [0.1, 0.15) is 83.6 Å². The second kappa shape index (κ2) is 11.3. The van der Waals surface area contributed by atoms with Crippen LogP contribution in [0.15, 0.2) is 28.7 Å². The van der Waals surface area contributed by atoms with Crippen molar-refractivity contribution in [3.8, 4) is 0 Å². The molecule has 0 bridgehead atoms. The van der Waals surface area contributed by atoms with Gasteiger partial charge in [-0.25, -0.2) is 4.98 Å². The maximum absolute atomic E-state index is 13.1. The summed E-state index contributed by atoms with van der Waals surface area (Å²) in [5, 5.41) is 16.8. The largest absolute Gasteiger partial charge is 0.438 e. The number of amides is 2. The number of carbonyl (C=O) groups is 2. The Morgan fingerprint density at radius 3 is 2.61 bits per heavy atom. The van der Waals surface area contributed by atoms with Crippen LogP contribution in [0.3, 0.4) is 0 Å². The lowest BCUT2D eigenvalue weighted by molar-refractivity contribution is -0.129. The van der Waals surface area contributed by atoms with Gasteiger partial charge in [-0.1, -0.05) is 64.0 Å². The van der Waals surface area contributed by atoms with E-state index in [9.17, 15) is 14.7 Å². The number of hydrogen-bond acceptors (Lipinski definition) is 5. The van der Waals surface area contributed by atoms with Crippen LogP contribution < -0.4 is 10.6 Å². The van der Waals surface area contributed by atoms with Gasteiger partial charge in [0.2, 0.25) is 17.7 Å². The third-order valence-corrected chi connectivity index (χ3v) is 6.13. The Hall–Kier alpha value is -2.41. The number of hydrogen-bond donors (Lipinski definition) is 3. The molecule has 0 radical (unpaired) electrons. The number of nitrogens with one attached hydrogen (secondary N) is 2. The quantitative estimate of drug-likeness (QED) is 0.529. The van der Waals surface area contributed by atoms with Gasteiger partial charge < -0.3 is 20.2 Å². The molecular weight excluding hydrogens is 394 g/mol. The molecule has 0 aliphatic heterocycles. The van der Waals surface area contributed by atoms with Crippen molar-refractivity contribution in [1.29, 1.82) is 0 Å². The molecule has 7 heteroatoms. The summed E-state index contributed by atoms with van der Waals surface area (Å²) in [6, 6.07) is 6.20. The molecule has 1 unspecified atom stereocenters. The molecule has 2 aromatic rings. The molecule has 170 valence electrons. The Morgan fingerprint density at radius 2 is 1.94 bits per heavy atom. The molecule has 7 nitrogen and oxygen atoms in total. The second-order valence-corrected chi connectivity index (χ2v) is 8.71. The zero-order valence-corrected chi connectivity index (χ0v) is 18.6. The predicted octanol–water partition coefficient (Wildman–Crippen LogP) is 4.01. The fourth-order valence-corrected chi connectivity index (χ4v) is 4.44. The monoisotopic (exact) mass is 429 g/mol. The third kappa shape index (κ3) is 6.53. The fourth-order valence-electron chi connectivity index (χ4n) is 4.44. The standard InChI is InChI=1S/C24H35N3O4/c1-3-4-12-19(22(29)24-27-18-13-8-9-14-21(18)31-24)26-23(30)20(25-16(2)28)15-17-10-6-5-7-11-17/h8-9,13-14,17,19-20,22,29H,3-7,10-12,15H2,1-2H3,(H,25,28)(H,26,30)/t19-,20-,22?/m0/s1. The van der Waals surface area contributed by atoms with Crippen molar-refractivity contribution in [3.63, 3.8) is 0 Å². The number of benzene rings is 1. The van der Waals surface area contributed by atoms with E-state index in [0.29, 0.717) is 29.9 Å². The molecule has 1 aromatic carbocycles. The number of nitrogens with zero attached hydrogens (tertiary/aromatic N) is 1. The molecule has 3 N–H and O–H groups in total. The highest BCUT2D eigenvalue weighted by Gasteiger charge is 2.31. The molecule has 1 fully saturated rings. The summed E-state index contributed by atoms with van der Waals surface area (Å²) in [5.41, 5.74) is 1.27. The first-order valence-corrected chi connectivity index (χ1v) is 11.6. The smallest absolute Gasteiger partial charge is 0.242 e. The zero-order chi connectivity index (χ0) is 22.2. The third-order valence-electron chi connectivity index (χ3n) is 6.13. The Morgan fingerprint density at radius 1 is 1.19 bits per heavy atom. The van der Waals surface area contributed by atoms with Gasteiger partial charge in [0.1, 0.15) is 11.6 Å². The number of carbonyl (C=O) groups excluding carboxylic acids is 2. The van der Waals surface area contributed by atoms with Crippen LogP contribution in [0.4, 0.5) is 0 Å². The summed E-state index contributed by atoms with van der Waals surface area (Å²) in [6.45, 7) is 3.50. The van der Waals surface area contributed by atoms with Gasteiger partial charge in [0.25, 0.3) is 0 Å². The average Bonchev–Trinajstić information content (AvgIpc) is 3.20. The zero-order valence-electron chi connectivity index (χ0n) is 18.6. The summed E-state index contributed by atoms with van der Waals surface area (Å²) in [5.74, 6) is 0.163. The summed E-state index contributed by atoms with van der Waals surface area (Å²) in [6.07, 6.45) is 7.72. The number of fused-ring (bicyclic) bond motifs is 1. The van der Waals surface area contributed by atoms with Gasteiger partial charge in [-0.05, 0) is 30.9 Å². The minimum absolute atomic E-state index is 0.200. The molecular formula is C24H35N3O4. The highest BCUT2D eigenvalue weighted by molar-refractivity contribution is 5.87. The summed E-state index contributed by atoms with van der Waals surface area (Å²) >= 11 is 0. The van der Waals surface area contributed by atoms with Crippen LogP contribution in [0.2, 0.25) is 0 Å². The number of oxazole rings is 1. The van der Waals surface area contributed by atoms with E-state index in [-0.39, 0.29) is 17.7 Å². The molecule has 1 aliphatic carbocycles. The van der Waals surface area contributed by atoms with Crippen molar-refractivity contribution in [3.05, 3.63) is 30.2 Å². The highest BCUT2D eigenvalue weighted by atomic mass is 16.4. The van der Waals surface area contributed by atoms with Gasteiger partial charge in [-0.2, -0.15) is 0 Å². The van der Waals surface area contributed by atoms with E-state index in [4.69, 9.17) is 4.42 Å². The van der Waals surface area contributed by atoms with Crippen LogP contribution in [0.5, 0.6) is 0 Å². The van der Waals surface area contributed by atoms with Crippen LogP contribution in [-0.2, 0) is 9.59 Å². The predicted molar refractivity (Wildman–Crippen MR) is 119 cm³/mol. The SMILES string of the molecule is CCCC[C@H](NC(=O)[C@H](CC1CCCCC1)NC(C)=O)C(O)c1nc2ccccc2o1. The van der Waals surface area contributed by atoms with Crippen molar-refractivity contribution in [2.24, 2.45) is 5.92 Å². The highest BCUT2D eigenvalue weighted by Crippen LogP contribution is 2.28. The lowest BCUT2D eigenvalue weighted by atomic mass is 9.84. The second-order valence-electron chi connectivity index (χ2n) is 8.71. The van der Waals surface area contributed by atoms with E-state index in [2.05, 4.69) is 22.5 Å². The molecule has 1 heterocycles. The van der Waals surface area contributed by atoms with Gasteiger partial charge >= 0.3 is 0 Å². The van der Waals surface area contributed by atoms with Crippen molar-refractivity contribution in [1.82, 2.24) is 15.6 Å². The van der Waals surface area contributed by atoms with E-state index < -0.39 is 18.2 Å². The number of unbranched alkanes of at least 4 members (excludes halogenated alkanes) is 1. The molecule has 31 heavy (non-hydrogen) atoms. The van der Waals surface area contributed by atoms with E-state index in [1.807, 2.05) is 18.2 Å². The molecule has 3 atom stereocenters. The van der Waals surface area contributed by atoms with E-state index >= 15 is 0 Å². The first kappa shape index (κ1) is 23.3. The maximum Gasteiger partial charge on any atom is 0.242 e. The summed E-state index contributed by atoms with van der Waals surface area (Å²) < 4.78 is 5.74. The van der Waals surface area contributed by atoms with Crippen molar-refractivity contribution >= 4 is 22.9 Å². The van der Waals surface area contributed by atoms with Crippen molar-refractivity contribution < 1.29 is 19.1 Å². The van der Waals surface area contributed by atoms with Crippen LogP contribution in [0.25, 0.3) is 11.1 Å². The summed E-state index contributed by atoms with van der Waals surface area (Å²) in [7, 11) is 0. The molecule has 1 aromatic heterocycles. The number of para-hydroxylation sites is 2. The molecule has 2 amide bonds. The Balaban J connectivity index is 1.73. The van der Waals surface area contributed by atoms with Crippen LogP contribution >= 0.6 is 0 Å². The van der Waals surface area contributed by atoms with Gasteiger partial charge in [-0.15, -0.1) is 0 Å². The number of rotatable bonds is 10. The Bertz CT molecular complexity index is 826. The molecule has 3 rings (SSSR count). The fraction of sp³-hybridized carbons (Fsp3) is 0.625. The number of aromatic nitrogens is 1. The number of aliphatic hydroxyl groups is 1. The van der Waals surface area contributed by atoms with E-state index in [1.165, 1.54) is 26.2 Å². The first-order chi connectivity index (χ1) is 15.0. The van der Waals surface area contributed by atoms with Crippen LogP contribution in [0, 0.1) is 5.92 Å². The van der Waals surface area contributed by atoms with Crippen molar-refractivity contribution in [2.45, 2.75) is 89.8 Å². The molecule has 0 saturated heterocycles. The van der Waals surface area contributed by atoms with Gasteiger partial charge in [0, 0.05) is 6.92 Å². The molecule has 1 aliphatic rings. The lowest BCUT2D eigenvalue weighted by Gasteiger charge is -2.29. The Labute approximate surface area is 184 Å². The number of aliphatic hydroxyl groups excluding tert-OH is 1. The molecule has 1 saturated carbocycles. The first-order valence-electron chi connectivity index (χ1n) is 11.6. The van der Waals surface area contributed by atoms with E-state index in [0.717, 1.165) is 25.7 Å². The van der Waals surface area contributed by atoms with E-state index in [1.54, 1.807) is 6.07 Å². The summed E-state index contributed by atoms with van der Waals surface area (Å²) in [4.78, 5) is 29.3. The Kier molecular flexibility index (Phi) is 8.46. The molecule has 0 spiro atoms. The minimum Gasteiger partial charge on any atom is -0.438 e. The average molecular weight is 430 g/mol.